The van der Waals surface area contributed by atoms with Crippen molar-refractivity contribution < 1.29 is 23.9 Å². The third-order valence-electron chi connectivity index (χ3n) is 3.69. The number of hydrogen-bond acceptors (Lipinski definition) is 8. The summed E-state index contributed by atoms with van der Waals surface area (Å²) in [5.41, 5.74) is 6.22. The number of carbonyl (C=O) groups excluding carboxylic acids is 1. The van der Waals surface area contributed by atoms with Gasteiger partial charge in [-0.25, -0.2) is 4.79 Å². The van der Waals surface area contributed by atoms with Crippen molar-refractivity contribution in [3.63, 3.8) is 0 Å². The maximum absolute atomic E-state index is 11.2. The van der Waals surface area contributed by atoms with E-state index in [2.05, 4.69) is 9.64 Å². The minimum atomic E-state index is -0.602. The van der Waals surface area contributed by atoms with E-state index in [1.54, 1.807) is 6.07 Å². The van der Waals surface area contributed by atoms with Crippen LogP contribution >= 0.6 is 12.4 Å². The minimum absolute atomic E-state index is 0. The van der Waals surface area contributed by atoms with Gasteiger partial charge < -0.3 is 19.9 Å². The van der Waals surface area contributed by atoms with Crippen LogP contribution in [0.2, 0.25) is 0 Å². The predicted octanol–water partition coefficient (Wildman–Crippen LogP) is 0.728. The van der Waals surface area contributed by atoms with Crippen molar-refractivity contribution in [2.45, 2.75) is 12.6 Å². The van der Waals surface area contributed by atoms with Gasteiger partial charge in [-0.2, -0.15) is 0 Å². The molecule has 25 heavy (non-hydrogen) atoms. The standard InChI is InChI=1S/C15H21N3O6.ClH/c1-22-15(19)10-24-14-3-2-11(6-13(14)18(20)21)8-17-4-5-23-12(7-16)9-17;/h2-3,6,12H,4-5,7-10,16H2,1H3;1H. The number of benzene rings is 1. The van der Waals surface area contributed by atoms with Crippen LogP contribution in [-0.4, -0.2) is 61.9 Å². The first-order valence-corrected chi connectivity index (χ1v) is 7.54. The molecule has 0 aromatic heterocycles. The Bertz CT molecular complexity index is 601. The summed E-state index contributed by atoms with van der Waals surface area (Å²) in [7, 11) is 1.22. The van der Waals surface area contributed by atoms with Gasteiger partial charge in [0.25, 0.3) is 0 Å². The molecule has 1 fully saturated rings. The molecule has 0 saturated carbocycles. The molecule has 0 bridgehead atoms. The number of nitrogens with two attached hydrogens (primary N) is 1. The summed E-state index contributed by atoms with van der Waals surface area (Å²) in [6.45, 7) is 2.63. The molecule has 0 aliphatic carbocycles. The molecule has 0 amide bonds. The van der Waals surface area contributed by atoms with Gasteiger partial charge in [0.1, 0.15) is 0 Å². The molecule has 2 rings (SSSR count). The number of hydrogen-bond donors (Lipinski definition) is 1. The fourth-order valence-electron chi connectivity index (χ4n) is 2.45. The van der Waals surface area contributed by atoms with Gasteiger partial charge in [0.15, 0.2) is 12.4 Å². The van der Waals surface area contributed by atoms with Gasteiger partial charge in [-0.15, -0.1) is 12.4 Å². The van der Waals surface area contributed by atoms with Gasteiger partial charge in [0.2, 0.25) is 0 Å². The Morgan fingerprint density at radius 2 is 2.28 bits per heavy atom. The van der Waals surface area contributed by atoms with Crippen molar-refractivity contribution in [1.29, 1.82) is 0 Å². The lowest BCUT2D eigenvalue weighted by Crippen LogP contribution is -2.45. The number of morpholine rings is 1. The summed E-state index contributed by atoms with van der Waals surface area (Å²) in [6, 6.07) is 4.70. The lowest BCUT2D eigenvalue weighted by Gasteiger charge is -2.32. The van der Waals surface area contributed by atoms with E-state index in [9.17, 15) is 14.9 Å². The number of halogens is 1. The van der Waals surface area contributed by atoms with Gasteiger partial charge in [-0.1, -0.05) is 6.07 Å². The van der Waals surface area contributed by atoms with Gasteiger partial charge >= 0.3 is 11.7 Å². The number of ether oxygens (including phenoxy) is 3. The number of methoxy groups -OCH3 is 1. The maximum Gasteiger partial charge on any atom is 0.343 e. The Balaban J connectivity index is 0.00000312. The third-order valence-corrected chi connectivity index (χ3v) is 3.69. The van der Waals surface area contributed by atoms with Crippen LogP contribution in [0.4, 0.5) is 5.69 Å². The molecule has 1 aliphatic rings. The van der Waals surface area contributed by atoms with Crippen LogP contribution < -0.4 is 10.5 Å². The molecule has 140 valence electrons. The molecule has 1 aromatic rings. The van der Waals surface area contributed by atoms with E-state index in [4.69, 9.17) is 15.2 Å². The minimum Gasteiger partial charge on any atom is -0.475 e. The molecule has 1 heterocycles. The predicted molar refractivity (Wildman–Crippen MR) is 91.9 cm³/mol. The zero-order valence-electron chi connectivity index (χ0n) is 13.9. The summed E-state index contributed by atoms with van der Waals surface area (Å²) in [5.74, 6) is -0.564. The van der Waals surface area contributed by atoms with Crippen molar-refractivity contribution in [2.24, 2.45) is 5.73 Å². The van der Waals surface area contributed by atoms with Crippen LogP contribution in [0, 0.1) is 10.1 Å². The summed E-state index contributed by atoms with van der Waals surface area (Å²) >= 11 is 0. The Labute approximate surface area is 151 Å². The van der Waals surface area contributed by atoms with Crippen molar-refractivity contribution in [1.82, 2.24) is 4.90 Å². The van der Waals surface area contributed by atoms with Crippen LogP contribution in [0.5, 0.6) is 5.75 Å². The van der Waals surface area contributed by atoms with E-state index in [1.165, 1.54) is 19.2 Å². The fourth-order valence-corrected chi connectivity index (χ4v) is 2.45. The summed E-state index contributed by atoms with van der Waals surface area (Å²) in [5, 5.41) is 11.2. The Morgan fingerprint density at radius 3 is 2.92 bits per heavy atom. The summed E-state index contributed by atoms with van der Waals surface area (Å²) in [6.07, 6.45) is -0.0172. The van der Waals surface area contributed by atoms with Gasteiger partial charge in [-0.3, -0.25) is 15.0 Å². The normalized spacial score (nSPS) is 17.4. The van der Waals surface area contributed by atoms with E-state index in [0.29, 0.717) is 26.2 Å². The van der Waals surface area contributed by atoms with Crippen LogP contribution in [-0.2, 0) is 20.8 Å². The fraction of sp³-hybridized carbons (Fsp3) is 0.533. The highest BCUT2D eigenvalue weighted by Gasteiger charge is 2.22. The van der Waals surface area contributed by atoms with Gasteiger partial charge in [0.05, 0.1) is 24.7 Å². The van der Waals surface area contributed by atoms with Crippen molar-refractivity contribution in [2.75, 3.05) is 40.0 Å². The van der Waals surface area contributed by atoms with Gasteiger partial charge in [-0.05, 0) is 11.6 Å². The molecule has 1 saturated heterocycles. The summed E-state index contributed by atoms with van der Waals surface area (Å²) in [4.78, 5) is 24.0. The van der Waals surface area contributed by atoms with E-state index in [-0.39, 0.29) is 36.6 Å². The van der Waals surface area contributed by atoms with Crippen LogP contribution in [0.1, 0.15) is 5.56 Å². The average molecular weight is 376 g/mol. The van der Waals surface area contributed by atoms with E-state index < -0.39 is 10.9 Å². The van der Waals surface area contributed by atoms with Crippen molar-refractivity contribution >= 4 is 24.1 Å². The molecular formula is C15H22ClN3O6. The lowest BCUT2D eigenvalue weighted by atomic mass is 10.1. The average Bonchev–Trinajstić information content (AvgIpc) is 2.60. The molecule has 0 spiro atoms. The summed E-state index contributed by atoms with van der Waals surface area (Å²) < 4.78 is 15.1. The van der Waals surface area contributed by atoms with Crippen molar-refractivity contribution in [3.05, 3.63) is 33.9 Å². The molecular weight excluding hydrogens is 354 g/mol. The first-order valence-electron chi connectivity index (χ1n) is 7.54. The first kappa shape index (κ1) is 21.1. The van der Waals surface area contributed by atoms with E-state index in [0.717, 1.165) is 12.1 Å². The number of nitrogens with zero attached hydrogens (tertiary/aromatic N) is 2. The van der Waals surface area contributed by atoms with E-state index >= 15 is 0 Å². The largest absolute Gasteiger partial charge is 0.475 e. The first-order chi connectivity index (χ1) is 11.5. The topological polar surface area (TPSA) is 117 Å². The Hall–Kier alpha value is -1.94. The second-order valence-electron chi connectivity index (χ2n) is 5.39. The highest BCUT2D eigenvalue weighted by atomic mass is 35.5. The van der Waals surface area contributed by atoms with E-state index in [1.807, 2.05) is 0 Å². The van der Waals surface area contributed by atoms with Gasteiger partial charge in [0, 0.05) is 32.2 Å². The number of carbonyl (C=O) groups is 1. The molecule has 1 atom stereocenters. The zero-order valence-corrected chi connectivity index (χ0v) is 14.7. The highest BCUT2D eigenvalue weighted by molar-refractivity contribution is 5.85. The molecule has 2 N–H and O–H groups in total. The van der Waals surface area contributed by atoms with Crippen LogP contribution in [0.15, 0.2) is 18.2 Å². The Morgan fingerprint density at radius 1 is 1.52 bits per heavy atom. The quantitative estimate of drug-likeness (QED) is 0.421. The lowest BCUT2D eigenvalue weighted by molar-refractivity contribution is -0.385. The number of nitro benzene ring substituents is 1. The van der Waals surface area contributed by atoms with Crippen LogP contribution in [0.3, 0.4) is 0 Å². The monoisotopic (exact) mass is 375 g/mol. The number of esters is 1. The second-order valence-corrected chi connectivity index (χ2v) is 5.39. The number of nitro groups is 1. The van der Waals surface area contributed by atoms with Crippen LogP contribution in [0.25, 0.3) is 0 Å². The molecule has 1 aromatic carbocycles. The van der Waals surface area contributed by atoms with Crippen molar-refractivity contribution in [3.8, 4) is 5.75 Å². The SMILES string of the molecule is COC(=O)COc1ccc(CN2CCOC(CN)C2)cc1[N+](=O)[O-].Cl. The molecule has 1 unspecified atom stereocenters. The molecule has 9 nitrogen and oxygen atoms in total. The smallest absolute Gasteiger partial charge is 0.343 e. The molecule has 10 heteroatoms. The molecule has 0 radical (unpaired) electrons. The zero-order chi connectivity index (χ0) is 17.5. The Kier molecular flexibility index (Phi) is 8.56. The maximum atomic E-state index is 11.2. The molecule has 1 aliphatic heterocycles. The number of rotatable bonds is 7. The highest BCUT2D eigenvalue weighted by Crippen LogP contribution is 2.28. The third kappa shape index (κ3) is 6.13. The second kappa shape index (κ2) is 10.1.